The Morgan fingerprint density at radius 1 is 1.53 bits per heavy atom. The summed E-state index contributed by atoms with van der Waals surface area (Å²) in [5, 5.41) is 3.84. The smallest absolute Gasteiger partial charge is 0.267 e. The highest BCUT2D eigenvalue weighted by molar-refractivity contribution is 7.18. The number of carbonyl (C=O) groups is 1. The molecule has 3 N–H and O–H groups in total. The highest BCUT2D eigenvalue weighted by Crippen LogP contribution is 2.26. The summed E-state index contributed by atoms with van der Waals surface area (Å²) in [5.74, 6) is 0.212. The normalized spacial score (nSPS) is 10.5. The van der Waals surface area contributed by atoms with E-state index < -0.39 is 0 Å². The zero-order valence-electron chi connectivity index (χ0n) is 11.7. The van der Waals surface area contributed by atoms with Gasteiger partial charge < -0.3 is 20.7 Å². The van der Waals surface area contributed by atoms with Gasteiger partial charge >= 0.3 is 0 Å². The van der Waals surface area contributed by atoms with Crippen molar-refractivity contribution in [2.75, 3.05) is 44.4 Å². The van der Waals surface area contributed by atoms with E-state index >= 15 is 0 Å². The number of thiazole rings is 1. The van der Waals surface area contributed by atoms with Crippen LogP contribution in [0.25, 0.3) is 0 Å². The van der Waals surface area contributed by atoms with Crippen LogP contribution in [0.3, 0.4) is 0 Å². The van der Waals surface area contributed by atoms with Gasteiger partial charge in [0.15, 0.2) is 5.13 Å². The molecular weight excluding hydrogens is 264 g/mol. The number of carbonyl (C=O) groups excluding carboxylic acids is 1. The first-order chi connectivity index (χ1) is 9.13. The monoisotopic (exact) mass is 286 g/mol. The molecule has 1 amide bonds. The van der Waals surface area contributed by atoms with Crippen molar-refractivity contribution in [3.05, 3.63) is 4.88 Å². The number of nitrogens with one attached hydrogen (secondary N) is 1. The average molecular weight is 286 g/mol. The lowest BCUT2D eigenvalue weighted by atomic mass is 10.4. The number of methoxy groups -OCH3 is 1. The van der Waals surface area contributed by atoms with Gasteiger partial charge in [-0.2, -0.15) is 0 Å². The number of anilines is 2. The molecule has 0 atom stereocenters. The van der Waals surface area contributed by atoms with E-state index in [9.17, 15) is 4.79 Å². The minimum absolute atomic E-state index is 0.0842. The standard InChI is InChI=1S/C12H22N4O2S/c1-4-6-14-12-15-10(13)9(19-12)11(17)16(5-2)7-8-18-3/h4-8,13H2,1-3H3,(H,14,15). The average Bonchev–Trinajstić information content (AvgIpc) is 2.78. The Balaban J connectivity index is 2.76. The molecule has 6 nitrogen and oxygen atoms in total. The number of aromatic nitrogens is 1. The first-order valence-corrected chi connectivity index (χ1v) is 7.24. The SMILES string of the molecule is CCCNc1nc(N)c(C(=O)N(CC)CCOC)s1. The van der Waals surface area contributed by atoms with E-state index in [1.54, 1.807) is 12.0 Å². The van der Waals surface area contributed by atoms with Crippen LogP contribution in [0.15, 0.2) is 0 Å². The van der Waals surface area contributed by atoms with Crippen molar-refractivity contribution in [2.45, 2.75) is 20.3 Å². The molecule has 0 aliphatic carbocycles. The summed E-state index contributed by atoms with van der Waals surface area (Å²) in [6.07, 6.45) is 0.998. The Kier molecular flexibility index (Phi) is 6.58. The summed E-state index contributed by atoms with van der Waals surface area (Å²) < 4.78 is 5.00. The zero-order valence-corrected chi connectivity index (χ0v) is 12.5. The maximum absolute atomic E-state index is 12.3. The second-order valence-electron chi connectivity index (χ2n) is 4.04. The van der Waals surface area contributed by atoms with E-state index in [-0.39, 0.29) is 5.91 Å². The van der Waals surface area contributed by atoms with Crippen molar-refractivity contribution < 1.29 is 9.53 Å². The van der Waals surface area contributed by atoms with Crippen molar-refractivity contribution in [1.29, 1.82) is 0 Å². The van der Waals surface area contributed by atoms with Crippen molar-refractivity contribution in [2.24, 2.45) is 0 Å². The Hall–Kier alpha value is -1.34. The Labute approximate surface area is 118 Å². The molecule has 0 saturated carbocycles. The van der Waals surface area contributed by atoms with Gasteiger partial charge in [0, 0.05) is 26.7 Å². The Morgan fingerprint density at radius 3 is 2.84 bits per heavy atom. The van der Waals surface area contributed by atoms with E-state index in [2.05, 4.69) is 17.2 Å². The van der Waals surface area contributed by atoms with Crippen LogP contribution in [-0.2, 0) is 4.74 Å². The molecule has 0 aliphatic heterocycles. The lowest BCUT2D eigenvalue weighted by Crippen LogP contribution is -2.33. The maximum atomic E-state index is 12.3. The molecule has 108 valence electrons. The number of hydrogen-bond acceptors (Lipinski definition) is 6. The molecule has 0 fully saturated rings. The molecule has 7 heteroatoms. The quantitative estimate of drug-likeness (QED) is 0.759. The van der Waals surface area contributed by atoms with Crippen molar-refractivity contribution in [1.82, 2.24) is 9.88 Å². The van der Waals surface area contributed by atoms with Gasteiger partial charge in [-0.15, -0.1) is 0 Å². The zero-order chi connectivity index (χ0) is 14.3. The van der Waals surface area contributed by atoms with Crippen LogP contribution >= 0.6 is 11.3 Å². The molecule has 1 rings (SSSR count). The molecular formula is C12H22N4O2S. The van der Waals surface area contributed by atoms with Crippen LogP contribution in [0.4, 0.5) is 10.9 Å². The van der Waals surface area contributed by atoms with Gasteiger partial charge in [0.05, 0.1) is 6.61 Å². The third kappa shape index (κ3) is 4.36. The van der Waals surface area contributed by atoms with Gasteiger partial charge in [0.2, 0.25) is 0 Å². The topological polar surface area (TPSA) is 80.5 Å². The lowest BCUT2D eigenvalue weighted by Gasteiger charge is -2.19. The largest absolute Gasteiger partial charge is 0.383 e. The Morgan fingerprint density at radius 2 is 2.26 bits per heavy atom. The van der Waals surface area contributed by atoms with Crippen LogP contribution in [-0.4, -0.2) is 49.1 Å². The fourth-order valence-electron chi connectivity index (χ4n) is 1.54. The number of nitrogens with zero attached hydrogens (tertiary/aromatic N) is 2. The first kappa shape index (κ1) is 15.7. The summed E-state index contributed by atoms with van der Waals surface area (Å²) >= 11 is 1.31. The number of hydrogen-bond donors (Lipinski definition) is 2. The highest BCUT2D eigenvalue weighted by Gasteiger charge is 2.20. The molecule has 1 heterocycles. The lowest BCUT2D eigenvalue weighted by molar-refractivity contribution is 0.0712. The van der Waals surface area contributed by atoms with Crippen LogP contribution in [0, 0.1) is 0 Å². The summed E-state index contributed by atoms with van der Waals surface area (Å²) in [6, 6.07) is 0. The fraction of sp³-hybridized carbons (Fsp3) is 0.667. The van der Waals surface area contributed by atoms with E-state index in [0.717, 1.165) is 13.0 Å². The van der Waals surface area contributed by atoms with E-state index in [1.165, 1.54) is 11.3 Å². The number of rotatable bonds is 8. The first-order valence-electron chi connectivity index (χ1n) is 6.42. The van der Waals surface area contributed by atoms with Gasteiger partial charge in [-0.3, -0.25) is 4.79 Å². The molecule has 0 bridgehead atoms. The molecule has 19 heavy (non-hydrogen) atoms. The van der Waals surface area contributed by atoms with Gasteiger partial charge in [0.1, 0.15) is 10.7 Å². The molecule has 1 aromatic rings. The van der Waals surface area contributed by atoms with Crippen LogP contribution in [0.2, 0.25) is 0 Å². The molecule has 0 unspecified atom stereocenters. The Bertz CT molecular complexity index is 408. The van der Waals surface area contributed by atoms with Gasteiger partial charge in [-0.05, 0) is 13.3 Å². The number of nitrogen functional groups attached to an aromatic ring is 1. The van der Waals surface area contributed by atoms with Gasteiger partial charge in [-0.1, -0.05) is 18.3 Å². The molecule has 0 spiro atoms. The predicted octanol–water partition coefficient (Wildman–Crippen LogP) is 1.66. The van der Waals surface area contributed by atoms with Crippen LogP contribution in [0.5, 0.6) is 0 Å². The predicted molar refractivity (Wildman–Crippen MR) is 78.8 cm³/mol. The van der Waals surface area contributed by atoms with Gasteiger partial charge in [0.25, 0.3) is 5.91 Å². The molecule has 0 saturated heterocycles. The molecule has 0 radical (unpaired) electrons. The second kappa shape index (κ2) is 7.96. The minimum Gasteiger partial charge on any atom is -0.383 e. The van der Waals surface area contributed by atoms with Gasteiger partial charge in [-0.25, -0.2) is 4.98 Å². The number of likely N-dealkylation sites (N-methyl/N-ethyl adjacent to an activating group) is 1. The highest BCUT2D eigenvalue weighted by atomic mass is 32.1. The van der Waals surface area contributed by atoms with Crippen molar-refractivity contribution >= 4 is 28.2 Å². The van der Waals surface area contributed by atoms with Crippen molar-refractivity contribution in [3.8, 4) is 0 Å². The second-order valence-corrected chi connectivity index (χ2v) is 5.04. The van der Waals surface area contributed by atoms with E-state index in [4.69, 9.17) is 10.5 Å². The third-order valence-electron chi connectivity index (χ3n) is 2.61. The van der Waals surface area contributed by atoms with E-state index in [0.29, 0.717) is 35.5 Å². The molecule has 1 aromatic heterocycles. The molecule has 0 aromatic carbocycles. The number of nitrogens with two attached hydrogens (primary N) is 1. The number of ether oxygens (including phenoxy) is 1. The summed E-state index contributed by atoms with van der Waals surface area (Å²) in [6.45, 7) is 6.51. The van der Waals surface area contributed by atoms with Crippen molar-refractivity contribution in [3.63, 3.8) is 0 Å². The van der Waals surface area contributed by atoms with E-state index in [1.807, 2.05) is 6.92 Å². The summed E-state index contributed by atoms with van der Waals surface area (Å²) in [4.78, 5) is 18.7. The summed E-state index contributed by atoms with van der Waals surface area (Å²) in [7, 11) is 1.62. The number of amides is 1. The third-order valence-corrected chi connectivity index (χ3v) is 3.62. The fourth-order valence-corrected chi connectivity index (χ4v) is 2.42. The van der Waals surface area contributed by atoms with Crippen LogP contribution < -0.4 is 11.1 Å². The summed E-state index contributed by atoms with van der Waals surface area (Å²) in [5.41, 5.74) is 5.82. The molecule has 0 aliphatic rings. The maximum Gasteiger partial charge on any atom is 0.267 e. The van der Waals surface area contributed by atoms with Crippen LogP contribution in [0.1, 0.15) is 29.9 Å². The minimum atomic E-state index is -0.0842.